The number of anilines is 2. The van der Waals surface area contributed by atoms with Crippen molar-refractivity contribution in [2.24, 2.45) is 0 Å². The van der Waals surface area contributed by atoms with Crippen LogP contribution in [-0.4, -0.2) is 33.8 Å². The molecule has 3 rings (SSSR count). The topological polar surface area (TPSA) is 58.1 Å². The minimum absolute atomic E-state index is 0.0981. The molecule has 2 aromatic carbocycles. The number of carbonyl (C=O) groups excluding carboxylic acids is 1. The van der Waals surface area contributed by atoms with Crippen LogP contribution < -0.4 is 5.32 Å². The first kappa shape index (κ1) is 19.2. The lowest BCUT2D eigenvalue weighted by Gasteiger charge is -2.16. The summed E-state index contributed by atoms with van der Waals surface area (Å²) in [6.07, 6.45) is 0. The van der Waals surface area contributed by atoms with Gasteiger partial charge in [-0.05, 0) is 35.9 Å². The molecule has 1 heterocycles. The summed E-state index contributed by atoms with van der Waals surface area (Å²) in [7, 11) is 1.67. The summed E-state index contributed by atoms with van der Waals surface area (Å²) in [6, 6.07) is 12.2. The molecular formula is C18H16F2N4OS2. The molecule has 0 saturated heterocycles. The summed E-state index contributed by atoms with van der Waals surface area (Å²) in [5.74, 6) is -0.569. The molecule has 0 saturated carbocycles. The zero-order valence-electron chi connectivity index (χ0n) is 14.4. The molecule has 140 valence electrons. The standard InChI is InChI=1S/C18H16F2N4OS2/c1-24(10-12-4-2-5-13(19)8-12)16(25)11-26-18-23-22-17(27-18)21-15-7-3-6-14(20)9-15/h2-9H,10-11H2,1H3,(H,21,22). The number of halogens is 2. The average molecular weight is 406 g/mol. The summed E-state index contributed by atoms with van der Waals surface area (Å²) in [5, 5.41) is 11.5. The molecule has 3 aromatic rings. The molecule has 27 heavy (non-hydrogen) atoms. The van der Waals surface area contributed by atoms with Gasteiger partial charge in [-0.3, -0.25) is 4.79 Å². The molecule has 1 N–H and O–H groups in total. The third kappa shape index (κ3) is 5.73. The van der Waals surface area contributed by atoms with Crippen molar-refractivity contribution < 1.29 is 13.6 Å². The SMILES string of the molecule is CN(Cc1cccc(F)c1)C(=O)CSc1nnc(Nc2cccc(F)c2)s1. The summed E-state index contributed by atoms with van der Waals surface area (Å²) in [5.41, 5.74) is 1.31. The second-order valence-corrected chi connectivity index (χ2v) is 7.88. The van der Waals surface area contributed by atoms with Crippen LogP contribution >= 0.6 is 23.1 Å². The summed E-state index contributed by atoms with van der Waals surface area (Å²) >= 11 is 2.55. The molecule has 0 radical (unpaired) electrons. The van der Waals surface area contributed by atoms with Crippen molar-refractivity contribution in [3.05, 3.63) is 65.7 Å². The third-order valence-electron chi connectivity index (χ3n) is 3.54. The van der Waals surface area contributed by atoms with E-state index in [1.165, 1.54) is 52.3 Å². The van der Waals surface area contributed by atoms with E-state index in [1.807, 2.05) is 0 Å². The van der Waals surface area contributed by atoms with Crippen molar-refractivity contribution >= 4 is 39.8 Å². The van der Waals surface area contributed by atoms with Crippen molar-refractivity contribution in [2.45, 2.75) is 10.9 Å². The van der Waals surface area contributed by atoms with E-state index in [0.29, 0.717) is 21.7 Å². The summed E-state index contributed by atoms with van der Waals surface area (Å²) in [6.45, 7) is 0.333. The molecule has 9 heteroatoms. The average Bonchev–Trinajstić information content (AvgIpc) is 3.07. The maximum Gasteiger partial charge on any atom is 0.233 e. The first-order chi connectivity index (χ1) is 13.0. The van der Waals surface area contributed by atoms with Gasteiger partial charge in [0.1, 0.15) is 11.6 Å². The molecule has 5 nitrogen and oxygen atoms in total. The Balaban J connectivity index is 1.51. The quantitative estimate of drug-likeness (QED) is 0.593. The maximum atomic E-state index is 13.2. The van der Waals surface area contributed by atoms with Crippen LogP contribution in [0.25, 0.3) is 0 Å². The number of carbonyl (C=O) groups is 1. The van der Waals surface area contributed by atoms with E-state index in [0.717, 1.165) is 5.56 Å². The molecule has 0 fully saturated rings. The largest absolute Gasteiger partial charge is 0.341 e. The number of hydrogen-bond acceptors (Lipinski definition) is 6. The van der Waals surface area contributed by atoms with Crippen LogP contribution in [0.1, 0.15) is 5.56 Å². The fraction of sp³-hybridized carbons (Fsp3) is 0.167. The van der Waals surface area contributed by atoms with E-state index >= 15 is 0 Å². The Kier molecular flexibility index (Phi) is 6.36. The second-order valence-electron chi connectivity index (χ2n) is 5.68. The van der Waals surface area contributed by atoms with E-state index in [4.69, 9.17) is 0 Å². The highest BCUT2D eigenvalue weighted by Crippen LogP contribution is 2.28. The van der Waals surface area contributed by atoms with Gasteiger partial charge < -0.3 is 10.2 Å². The van der Waals surface area contributed by atoms with Crippen molar-refractivity contribution in [3.8, 4) is 0 Å². The Hall–Kier alpha value is -2.52. The number of nitrogens with one attached hydrogen (secondary N) is 1. The molecule has 0 aliphatic carbocycles. The number of benzene rings is 2. The van der Waals surface area contributed by atoms with Gasteiger partial charge in [0.15, 0.2) is 4.34 Å². The minimum Gasteiger partial charge on any atom is -0.341 e. The van der Waals surface area contributed by atoms with E-state index < -0.39 is 0 Å². The highest BCUT2D eigenvalue weighted by molar-refractivity contribution is 8.01. The number of aromatic nitrogens is 2. The van der Waals surface area contributed by atoms with Crippen LogP contribution in [0.2, 0.25) is 0 Å². The highest BCUT2D eigenvalue weighted by atomic mass is 32.2. The lowest BCUT2D eigenvalue weighted by Crippen LogP contribution is -2.27. The monoisotopic (exact) mass is 406 g/mol. The molecule has 0 aliphatic rings. The lowest BCUT2D eigenvalue weighted by atomic mass is 10.2. The van der Waals surface area contributed by atoms with Crippen molar-refractivity contribution in [1.29, 1.82) is 0 Å². The van der Waals surface area contributed by atoms with E-state index in [1.54, 1.807) is 31.3 Å². The van der Waals surface area contributed by atoms with Gasteiger partial charge in [-0.15, -0.1) is 10.2 Å². The number of thioether (sulfide) groups is 1. The van der Waals surface area contributed by atoms with Crippen LogP contribution in [0.3, 0.4) is 0 Å². The fourth-order valence-corrected chi connectivity index (χ4v) is 3.95. The van der Waals surface area contributed by atoms with E-state index in [9.17, 15) is 13.6 Å². The summed E-state index contributed by atoms with van der Waals surface area (Å²) < 4.78 is 27.0. The molecule has 0 aliphatic heterocycles. The predicted octanol–water partition coefficient (Wildman–Crippen LogP) is 4.31. The molecule has 0 bridgehead atoms. The summed E-state index contributed by atoms with van der Waals surface area (Å²) in [4.78, 5) is 13.8. The van der Waals surface area contributed by atoms with Crippen LogP contribution in [0.15, 0.2) is 52.9 Å². The molecule has 0 atom stereocenters. The van der Waals surface area contributed by atoms with Crippen LogP contribution in [0.4, 0.5) is 19.6 Å². The Bertz CT molecular complexity index is 935. The van der Waals surface area contributed by atoms with E-state index in [-0.39, 0.29) is 23.3 Å². The van der Waals surface area contributed by atoms with Gasteiger partial charge in [0.25, 0.3) is 0 Å². The van der Waals surface area contributed by atoms with Gasteiger partial charge in [-0.2, -0.15) is 0 Å². The number of nitrogens with zero attached hydrogens (tertiary/aromatic N) is 3. The Morgan fingerprint density at radius 3 is 2.63 bits per heavy atom. The molecule has 1 aromatic heterocycles. The minimum atomic E-state index is -0.342. The van der Waals surface area contributed by atoms with Crippen LogP contribution in [-0.2, 0) is 11.3 Å². The first-order valence-electron chi connectivity index (χ1n) is 7.97. The lowest BCUT2D eigenvalue weighted by molar-refractivity contribution is -0.127. The highest BCUT2D eigenvalue weighted by Gasteiger charge is 2.13. The normalized spacial score (nSPS) is 10.6. The molecular weight excluding hydrogens is 390 g/mol. The van der Waals surface area contributed by atoms with Gasteiger partial charge >= 0.3 is 0 Å². The van der Waals surface area contributed by atoms with Gasteiger partial charge in [-0.25, -0.2) is 8.78 Å². The van der Waals surface area contributed by atoms with Gasteiger partial charge in [-0.1, -0.05) is 41.3 Å². The Labute approximate surface area is 163 Å². The fourth-order valence-electron chi connectivity index (χ4n) is 2.24. The Morgan fingerprint density at radius 2 is 1.89 bits per heavy atom. The third-order valence-corrected chi connectivity index (χ3v) is 5.49. The number of rotatable bonds is 7. The second kappa shape index (κ2) is 8.92. The number of hydrogen-bond donors (Lipinski definition) is 1. The zero-order valence-corrected chi connectivity index (χ0v) is 16.0. The van der Waals surface area contributed by atoms with E-state index in [2.05, 4.69) is 15.5 Å². The van der Waals surface area contributed by atoms with Crippen LogP contribution in [0.5, 0.6) is 0 Å². The predicted molar refractivity (Wildman–Crippen MR) is 103 cm³/mol. The maximum absolute atomic E-state index is 13.2. The Morgan fingerprint density at radius 1 is 1.15 bits per heavy atom. The zero-order chi connectivity index (χ0) is 19.2. The van der Waals surface area contributed by atoms with Crippen molar-refractivity contribution in [3.63, 3.8) is 0 Å². The van der Waals surface area contributed by atoms with Crippen molar-refractivity contribution in [1.82, 2.24) is 15.1 Å². The van der Waals surface area contributed by atoms with Crippen LogP contribution in [0, 0.1) is 11.6 Å². The van der Waals surface area contributed by atoms with Crippen molar-refractivity contribution in [2.75, 3.05) is 18.1 Å². The van der Waals surface area contributed by atoms with Gasteiger partial charge in [0, 0.05) is 19.3 Å². The number of amides is 1. The van der Waals surface area contributed by atoms with Gasteiger partial charge in [0.2, 0.25) is 11.0 Å². The molecule has 1 amide bonds. The van der Waals surface area contributed by atoms with Gasteiger partial charge in [0.05, 0.1) is 5.75 Å². The smallest absolute Gasteiger partial charge is 0.233 e. The first-order valence-corrected chi connectivity index (χ1v) is 9.77. The molecule has 0 spiro atoms. The molecule has 0 unspecified atom stereocenters.